The molecule has 1 aliphatic rings. The highest BCUT2D eigenvalue weighted by Gasteiger charge is 2.27. The van der Waals surface area contributed by atoms with Crippen molar-refractivity contribution in [2.24, 2.45) is 29.2 Å². The van der Waals surface area contributed by atoms with Gasteiger partial charge in [-0.3, -0.25) is 0 Å². The van der Waals surface area contributed by atoms with E-state index in [0.717, 1.165) is 30.8 Å². The Balaban J connectivity index is 2.45. The van der Waals surface area contributed by atoms with Crippen LogP contribution in [0.5, 0.6) is 0 Å². The van der Waals surface area contributed by atoms with Gasteiger partial charge < -0.3 is 11.5 Å². The van der Waals surface area contributed by atoms with Crippen LogP contribution in [-0.2, 0) is 0 Å². The zero-order chi connectivity index (χ0) is 8.27. The molecule has 1 saturated carbocycles. The predicted molar refractivity (Wildman–Crippen MR) is 48.1 cm³/mol. The molecule has 0 radical (unpaired) electrons. The van der Waals surface area contributed by atoms with Crippen LogP contribution in [0.4, 0.5) is 0 Å². The van der Waals surface area contributed by atoms with Crippen molar-refractivity contribution in [3.05, 3.63) is 0 Å². The van der Waals surface area contributed by atoms with Crippen LogP contribution in [0.3, 0.4) is 0 Å². The third-order valence-corrected chi connectivity index (χ3v) is 3.24. The standard InChI is InChI=1S/C9H20N2/c1-7-8(5-10)3-2-4-9(7)6-11/h7-9H,2-6,10-11H2,1H3. The predicted octanol–water partition coefficient (Wildman–Crippen LogP) is 0.956. The minimum atomic E-state index is 0.734. The molecule has 0 aromatic heterocycles. The largest absolute Gasteiger partial charge is 0.330 e. The Morgan fingerprint density at radius 1 is 1.09 bits per heavy atom. The van der Waals surface area contributed by atoms with Crippen LogP contribution in [0.2, 0.25) is 0 Å². The van der Waals surface area contributed by atoms with Gasteiger partial charge >= 0.3 is 0 Å². The first-order chi connectivity index (χ1) is 5.29. The molecule has 4 N–H and O–H groups in total. The summed E-state index contributed by atoms with van der Waals surface area (Å²) in [5, 5.41) is 0. The van der Waals surface area contributed by atoms with Crippen molar-refractivity contribution in [3.63, 3.8) is 0 Å². The van der Waals surface area contributed by atoms with E-state index in [1.807, 2.05) is 0 Å². The SMILES string of the molecule is CC1C(CN)CCCC1CN. The molecular formula is C9H20N2. The number of nitrogens with two attached hydrogens (primary N) is 2. The molecule has 0 aromatic carbocycles. The van der Waals surface area contributed by atoms with Crippen molar-refractivity contribution in [1.29, 1.82) is 0 Å². The molecule has 11 heavy (non-hydrogen) atoms. The highest BCUT2D eigenvalue weighted by Crippen LogP contribution is 2.33. The first-order valence-corrected chi connectivity index (χ1v) is 4.69. The molecular weight excluding hydrogens is 136 g/mol. The van der Waals surface area contributed by atoms with Crippen molar-refractivity contribution < 1.29 is 0 Å². The lowest BCUT2D eigenvalue weighted by Crippen LogP contribution is -2.34. The van der Waals surface area contributed by atoms with Gasteiger partial charge in [0.1, 0.15) is 0 Å². The Labute approximate surface area is 69.3 Å². The number of rotatable bonds is 2. The first-order valence-electron chi connectivity index (χ1n) is 4.69. The maximum Gasteiger partial charge on any atom is -0.00462 e. The minimum absolute atomic E-state index is 0.734. The van der Waals surface area contributed by atoms with Crippen LogP contribution in [0.25, 0.3) is 0 Å². The Morgan fingerprint density at radius 3 is 1.91 bits per heavy atom. The van der Waals surface area contributed by atoms with Gasteiger partial charge in [0.2, 0.25) is 0 Å². The Kier molecular flexibility index (Phi) is 3.34. The van der Waals surface area contributed by atoms with Crippen molar-refractivity contribution >= 4 is 0 Å². The highest BCUT2D eigenvalue weighted by molar-refractivity contribution is 4.80. The molecule has 0 aromatic rings. The summed E-state index contributed by atoms with van der Waals surface area (Å²) in [5.74, 6) is 2.22. The minimum Gasteiger partial charge on any atom is -0.330 e. The Hall–Kier alpha value is -0.0800. The third kappa shape index (κ3) is 1.94. The summed E-state index contributed by atoms with van der Waals surface area (Å²) in [6.07, 6.45) is 3.95. The summed E-state index contributed by atoms with van der Waals surface area (Å²) in [6.45, 7) is 3.99. The maximum atomic E-state index is 5.67. The molecule has 0 spiro atoms. The van der Waals surface area contributed by atoms with E-state index in [-0.39, 0.29) is 0 Å². The molecule has 2 unspecified atom stereocenters. The van der Waals surface area contributed by atoms with E-state index in [1.165, 1.54) is 19.3 Å². The monoisotopic (exact) mass is 156 g/mol. The second-order valence-corrected chi connectivity index (χ2v) is 3.78. The molecule has 0 bridgehead atoms. The lowest BCUT2D eigenvalue weighted by atomic mass is 9.73. The van der Waals surface area contributed by atoms with Crippen molar-refractivity contribution in [2.75, 3.05) is 13.1 Å². The van der Waals surface area contributed by atoms with Gasteiger partial charge in [-0.1, -0.05) is 13.3 Å². The van der Waals surface area contributed by atoms with Crippen LogP contribution < -0.4 is 11.5 Å². The maximum absolute atomic E-state index is 5.67. The molecule has 0 saturated heterocycles. The summed E-state index contributed by atoms with van der Waals surface area (Å²) in [7, 11) is 0. The van der Waals surface area contributed by atoms with Crippen LogP contribution in [0.15, 0.2) is 0 Å². The summed E-state index contributed by atoms with van der Waals surface area (Å²) < 4.78 is 0. The summed E-state index contributed by atoms with van der Waals surface area (Å²) in [5.41, 5.74) is 11.3. The van der Waals surface area contributed by atoms with Gasteiger partial charge in [0, 0.05) is 0 Å². The van der Waals surface area contributed by atoms with Crippen LogP contribution in [-0.4, -0.2) is 13.1 Å². The Bertz CT molecular complexity index is 102. The molecule has 0 aliphatic heterocycles. The molecule has 1 fully saturated rings. The smallest absolute Gasteiger partial charge is 0.00462 e. The molecule has 2 nitrogen and oxygen atoms in total. The van der Waals surface area contributed by atoms with Gasteiger partial charge in [-0.25, -0.2) is 0 Å². The van der Waals surface area contributed by atoms with Gasteiger partial charge in [-0.15, -0.1) is 0 Å². The van der Waals surface area contributed by atoms with Crippen LogP contribution in [0.1, 0.15) is 26.2 Å². The molecule has 0 heterocycles. The van der Waals surface area contributed by atoms with Gasteiger partial charge in [0.25, 0.3) is 0 Å². The topological polar surface area (TPSA) is 52.0 Å². The number of hydrogen-bond donors (Lipinski definition) is 2. The average molecular weight is 156 g/mol. The van der Waals surface area contributed by atoms with Crippen molar-refractivity contribution in [1.82, 2.24) is 0 Å². The van der Waals surface area contributed by atoms with E-state index in [1.54, 1.807) is 0 Å². The van der Waals surface area contributed by atoms with E-state index >= 15 is 0 Å². The normalized spacial score (nSPS) is 39.0. The zero-order valence-corrected chi connectivity index (χ0v) is 7.42. The Morgan fingerprint density at radius 2 is 1.55 bits per heavy atom. The summed E-state index contributed by atoms with van der Waals surface area (Å²) in [4.78, 5) is 0. The van der Waals surface area contributed by atoms with Crippen LogP contribution >= 0.6 is 0 Å². The first kappa shape index (κ1) is 9.01. The van der Waals surface area contributed by atoms with Gasteiger partial charge in [-0.2, -0.15) is 0 Å². The fourth-order valence-electron chi connectivity index (χ4n) is 2.22. The summed E-state index contributed by atoms with van der Waals surface area (Å²) in [6, 6.07) is 0. The zero-order valence-electron chi connectivity index (χ0n) is 7.42. The van der Waals surface area contributed by atoms with E-state index in [4.69, 9.17) is 11.5 Å². The fraction of sp³-hybridized carbons (Fsp3) is 1.00. The van der Waals surface area contributed by atoms with Gasteiger partial charge in [-0.05, 0) is 43.7 Å². The lowest BCUT2D eigenvalue weighted by molar-refractivity contribution is 0.179. The molecule has 2 heteroatoms. The van der Waals surface area contributed by atoms with E-state index in [0.29, 0.717) is 0 Å². The van der Waals surface area contributed by atoms with Crippen molar-refractivity contribution in [3.8, 4) is 0 Å². The molecule has 66 valence electrons. The molecule has 2 atom stereocenters. The van der Waals surface area contributed by atoms with E-state index < -0.39 is 0 Å². The quantitative estimate of drug-likeness (QED) is 0.625. The number of hydrogen-bond acceptors (Lipinski definition) is 2. The van der Waals surface area contributed by atoms with Gasteiger partial charge in [0.05, 0.1) is 0 Å². The van der Waals surface area contributed by atoms with Gasteiger partial charge in [0.15, 0.2) is 0 Å². The second-order valence-electron chi connectivity index (χ2n) is 3.78. The lowest BCUT2D eigenvalue weighted by Gasteiger charge is -2.34. The molecule has 1 rings (SSSR count). The van der Waals surface area contributed by atoms with E-state index in [2.05, 4.69) is 6.92 Å². The third-order valence-electron chi connectivity index (χ3n) is 3.24. The summed E-state index contributed by atoms with van der Waals surface area (Å²) >= 11 is 0. The van der Waals surface area contributed by atoms with Crippen LogP contribution in [0, 0.1) is 17.8 Å². The van der Waals surface area contributed by atoms with Crippen molar-refractivity contribution in [2.45, 2.75) is 26.2 Å². The second kappa shape index (κ2) is 4.07. The molecule has 1 aliphatic carbocycles. The van der Waals surface area contributed by atoms with E-state index in [9.17, 15) is 0 Å². The highest BCUT2D eigenvalue weighted by atomic mass is 14.6. The average Bonchev–Trinajstić information content (AvgIpc) is 2.05. The molecule has 0 amide bonds. The fourth-order valence-corrected chi connectivity index (χ4v) is 2.22.